The fourth-order valence-corrected chi connectivity index (χ4v) is 2.31. The number of nitrogens with two attached hydrogens (primary N) is 1. The highest BCUT2D eigenvalue weighted by Gasteiger charge is 2.20. The minimum absolute atomic E-state index is 0.212. The van der Waals surface area contributed by atoms with E-state index < -0.39 is 0 Å². The summed E-state index contributed by atoms with van der Waals surface area (Å²) in [5.41, 5.74) is 5.45. The van der Waals surface area contributed by atoms with Gasteiger partial charge >= 0.3 is 0 Å². The van der Waals surface area contributed by atoms with Crippen molar-refractivity contribution in [3.63, 3.8) is 0 Å². The molecule has 2 aromatic heterocycles. The molecule has 17 heavy (non-hydrogen) atoms. The average Bonchev–Trinajstić information content (AvgIpc) is 2.98. The molecule has 4 N–H and O–H groups in total. The number of nitrogen functional groups attached to an aromatic ring is 1. The first-order valence-corrected chi connectivity index (χ1v) is 5.93. The highest BCUT2D eigenvalue weighted by Crippen LogP contribution is 2.30. The maximum Gasteiger partial charge on any atom is 0.239 e. The number of nitrogens with one attached hydrogen (secondary N) is 2. The zero-order valence-corrected chi connectivity index (χ0v) is 9.48. The first kappa shape index (κ1) is 10.2. The molecule has 0 bridgehead atoms. The van der Waals surface area contributed by atoms with Crippen molar-refractivity contribution in [2.45, 2.75) is 38.0 Å². The molecule has 1 aliphatic rings. The van der Waals surface area contributed by atoms with Crippen molar-refractivity contribution in [3.05, 3.63) is 5.82 Å². The molecule has 1 saturated carbocycles. The molecule has 0 amide bonds. The summed E-state index contributed by atoms with van der Waals surface area (Å²) in [6.45, 7) is 0. The van der Waals surface area contributed by atoms with Gasteiger partial charge in [-0.3, -0.25) is 10.2 Å². The molecule has 0 aromatic carbocycles. The van der Waals surface area contributed by atoms with Crippen molar-refractivity contribution >= 4 is 5.95 Å². The van der Waals surface area contributed by atoms with Gasteiger partial charge in [-0.15, -0.1) is 10.2 Å². The molecule has 0 saturated heterocycles. The smallest absolute Gasteiger partial charge is 0.239 e. The van der Waals surface area contributed by atoms with Crippen LogP contribution >= 0.6 is 0 Å². The van der Waals surface area contributed by atoms with Crippen molar-refractivity contribution in [1.82, 2.24) is 30.4 Å². The lowest BCUT2D eigenvalue weighted by molar-refractivity contribution is 0.429. The van der Waals surface area contributed by atoms with Crippen LogP contribution in [0.1, 0.15) is 43.8 Å². The van der Waals surface area contributed by atoms with Gasteiger partial charge in [-0.2, -0.15) is 4.98 Å². The fraction of sp³-hybridized carbons (Fsp3) is 0.600. The van der Waals surface area contributed by atoms with E-state index in [9.17, 15) is 0 Å². The predicted octanol–water partition coefficient (Wildman–Crippen LogP) is 1.22. The molecule has 0 spiro atoms. The van der Waals surface area contributed by atoms with E-state index in [1.54, 1.807) is 0 Å². The third kappa shape index (κ3) is 2.00. The van der Waals surface area contributed by atoms with Crippen LogP contribution in [0, 0.1) is 0 Å². The summed E-state index contributed by atoms with van der Waals surface area (Å²) >= 11 is 0. The molecule has 1 aliphatic carbocycles. The van der Waals surface area contributed by atoms with E-state index in [1.165, 1.54) is 32.1 Å². The minimum atomic E-state index is 0.212. The number of anilines is 1. The molecule has 7 nitrogen and oxygen atoms in total. The molecule has 1 fully saturated rings. The van der Waals surface area contributed by atoms with Crippen LogP contribution in [0.15, 0.2) is 0 Å². The number of nitrogens with zero attached hydrogens (tertiary/aromatic N) is 4. The van der Waals surface area contributed by atoms with Gasteiger partial charge in [0.25, 0.3) is 0 Å². The van der Waals surface area contributed by atoms with Crippen LogP contribution in [-0.2, 0) is 0 Å². The highest BCUT2D eigenvalue weighted by atomic mass is 15.3. The van der Waals surface area contributed by atoms with E-state index in [-0.39, 0.29) is 5.95 Å². The number of aromatic nitrogens is 6. The Morgan fingerprint density at radius 3 is 2.53 bits per heavy atom. The molecule has 0 radical (unpaired) electrons. The Balaban J connectivity index is 1.82. The first-order chi connectivity index (χ1) is 8.33. The largest absolute Gasteiger partial charge is 0.366 e. The van der Waals surface area contributed by atoms with E-state index in [2.05, 4.69) is 30.4 Å². The monoisotopic (exact) mass is 233 g/mol. The molecular formula is C10H15N7. The lowest BCUT2D eigenvalue weighted by Gasteiger charge is -2.18. The summed E-state index contributed by atoms with van der Waals surface area (Å²) in [6.07, 6.45) is 6.25. The third-order valence-corrected chi connectivity index (χ3v) is 3.21. The van der Waals surface area contributed by atoms with Gasteiger partial charge in [0.15, 0.2) is 5.82 Å². The molecule has 0 unspecified atom stereocenters. The summed E-state index contributed by atoms with van der Waals surface area (Å²) < 4.78 is 0. The highest BCUT2D eigenvalue weighted by molar-refractivity contribution is 5.43. The van der Waals surface area contributed by atoms with Gasteiger partial charge in [0.1, 0.15) is 5.82 Å². The maximum atomic E-state index is 5.45. The summed E-state index contributed by atoms with van der Waals surface area (Å²) in [7, 11) is 0. The van der Waals surface area contributed by atoms with E-state index in [1.807, 2.05) is 0 Å². The van der Waals surface area contributed by atoms with Crippen LogP contribution in [0.4, 0.5) is 5.95 Å². The Hall–Kier alpha value is -1.92. The van der Waals surface area contributed by atoms with Crippen LogP contribution in [0.3, 0.4) is 0 Å². The zero-order chi connectivity index (χ0) is 11.7. The molecule has 3 rings (SSSR count). The quantitative estimate of drug-likeness (QED) is 0.722. The molecule has 2 heterocycles. The van der Waals surface area contributed by atoms with E-state index in [4.69, 9.17) is 5.73 Å². The number of hydrogen-bond acceptors (Lipinski definition) is 5. The van der Waals surface area contributed by atoms with Gasteiger partial charge in [-0.1, -0.05) is 19.3 Å². The van der Waals surface area contributed by atoms with Crippen molar-refractivity contribution in [1.29, 1.82) is 0 Å². The predicted molar refractivity (Wildman–Crippen MR) is 62.0 cm³/mol. The molecule has 2 aromatic rings. The van der Waals surface area contributed by atoms with Crippen molar-refractivity contribution < 1.29 is 0 Å². The Bertz CT molecular complexity index is 494. The van der Waals surface area contributed by atoms with Gasteiger partial charge in [0.2, 0.25) is 11.8 Å². The number of rotatable bonds is 2. The van der Waals surface area contributed by atoms with Crippen LogP contribution < -0.4 is 5.73 Å². The Kier molecular flexibility index (Phi) is 2.50. The number of hydrogen-bond donors (Lipinski definition) is 3. The summed E-state index contributed by atoms with van der Waals surface area (Å²) in [5, 5.41) is 13.6. The van der Waals surface area contributed by atoms with E-state index in [0.717, 1.165) is 5.82 Å². The van der Waals surface area contributed by atoms with Gasteiger partial charge in [-0.25, -0.2) is 4.98 Å². The molecular weight excluding hydrogens is 218 g/mol. The third-order valence-electron chi connectivity index (χ3n) is 3.21. The average molecular weight is 233 g/mol. The SMILES string of the molecule is Nc1n[nH]c(-c2n[nH]c(C3CCCCC3)n2)n1. The molecule has 0 atom stereocenters. The fourth-order valence-electron chi connectivity index (χ4n) is 2.31. The van der Waals surface area contributed by atoms with Crippen molar-refractivity contribution in [2.24, 2.45) is 0 Å². The topological polar surface area (TPSA) is 109 Å². The summed E-state index contributed by atoms with van der Waals surface area (Å²) in [4.78, 5) is 8.47. The van der Waals surface area contributed by atoms with Crippen LogP contribution in [-0.4, -0.2) is 30.4 Å². The van der Waals surface area contributed by atoms with E-state index >= 15 is 0 Å². The lowest BCUT2D eigenvalue weighted by atomic mass is 9.89. The second-order valence-electron chi connectivity index (χ2n) is 4.42. The standard InChI is InChI=1S/C10H15N7/c11-10-13-9(16-17-10)8-12-7(14-15-8)6-4-2-1-3-5-6/h6H,1-5H2,(H,12,14,15)(H3,11,13,16,17). The van der Waals surface area contributed by atoms with Gasteiger partial charge in [-0.05, 0) is 12.8 Å². The van der Waals surface area contributed by atoms with Crippen LogP contribution in [0.2, 0.25) is 0 Å². The number of aromatic amines is 2. The van der Waals surface area contributed by atoms with Gasteiger partial charge in [0.05, 0.1) is 0 Å². The Morgan fingerprint density at radius 1 is 1.00 bits per heavy atom. The lowest BCUT2D eigenvalue weighted by Crippen LogP contribution is -2.06. The van der Waals surface area contributed by atoms with E-state index in [0.29, 0.717) is 17.6 Å². The number of H-pyrrole nitrogens is 2. The van der Waals surface area contributed by atoms with Crippen LogP contribution in [0.25, 0.3) is 11.6 Å². The molecule has 0 aliphatic heterocycles. The second-order valence-corrected chi connectivity index (χ2v) is 4.42. The minimum Gasteiger partial charge on any atom is -0.366 e. The normalized spacial score (nSPS) is 17.4. The summed E-state index contributed by atoms with van der Waals surface area (Å²) in [5.74, 6) is 2.72. The molecule has 7 heteroatoms. The van der Waals surface area contributed by atoms with Crippen molar-refractivity contribution in [2.75, 3.05) is 5.73 Å². The first-order valence-electron chi connectivity index (χ1n) is 5.93. The second kappa shape index (κ2) is 4.15. The van der Waals surface area contributed by atoms with Crippen molar-refractivity contribution in [3.8, 4) is 11.6 Å². The Morgan fingerprint density at radius 2 is 1.82 bits per heavy atom. The Labute approximate surface area is 98.2 Å². The van der Waals surface area contributed by atoms with Crippen LogP contribution in [0.5, 0.6) is 0 Å². The molecule has 90 valence electrons. The maximum absolute atomic E-state index is 5.45. The summed E-state index contributed by atoms with van der Waals surface area (Å²) in [6, 6.07) is 0. The van der Waals surface area contributed by atoms with Gasteiger partial charge < -0.3 is 5.73 Å². The van der Waals surface area contributed by atoms with Gasteiger partial charge in [0, 0.05) is 5.92 Å². The zero-order valence-electron chi connectivity index (χ0n) is 9.48.